The number of carbonyl (C=O) groups excluding carboxylic acids is 1. The van der Waals surface area contributed by atoms with Gasteiger partial charge in [0.25, 0.3) is 5.91 Å². The molecule has 0 aliphatic carbocycles. The number of nitrogens with two attached hydrogens (primary N) is 1. The van der Waals surface area contributed by atoms with Crippen molar-refractivity contribution in [2.24, 2.45) is 0 Å². The number of fused-ring (bicyclic) bond motifs is 1. The molecule has 0 unspecified atom stereocenters. The Bertz CT molecular complexity index is 533. The molecule has 4 nitrogen and oxygen atoms in total. The summed E-state index contributed by atoms with van der Waals surface area (Å²) in [5, 5.41) is 3.41. The predicted molar refractivity (Wildman–Crippen MR) is 62.2 cm³/mol. The molecule has 78 valence electrons. The molecular weight excluding hydrogens is 210 g/mol. The van der Waals surface area contributed by atoms with Gasteiger partial charge in [0.2, 0.25) is 0 Å². The lowest BCUT2D eigenvalue weighted by Gasteiger charge is -1.96. The summed E-state index contributed by atoms with van der Waals surface area (Å²) in [6.45, 7) is 1.91. The average molecular weight is 221 g/mol. The van der Waals surface area contributed by atoms with Gasteiger partial charge in [-0.25, -0.2) is 4.98 Å². The molecule has 0 aromatic carbocycles. The van der Waals surface area contributed by atoms with Crippen molar-refractivity contribution in [3.05, 3.63) is 22.7 Å². The highest BCUT2D eigenvalue weighted by Gasteiger charge is 2.15. The van der Waals surface area contributed by atoms with Crippen LogP contribution in [-0.2, 0) is 0 Å². The van der Waals surface area contributed by atoms with E-state index in [1.54, 1.807) is 7.05 Å². The standard InChI is InChI=1S/C10H11N3OS/c1-5-3-4-6-7(11)8(9(14)12-2)15-10(6)13-5/h3-4H,11H2,1-2H3,(H,12,14). The highest BCUT2D eigenvalue weighted by molar-refractivity contribution is 7.21. The first-order chi connectivity index (χ1) is 7.13. The normalized spacial score (nSPS) is 10.5. The number of aromatic nitrogens is 1. The molecule has 0 atom stereocenters. The molecule has 15 heavy (non-hydrogen) atoms. The number of thiophene rings is 1. The number of carbonyl (C=O) groups is 1. The molecule has 2 heterocycles. The number of anilines is 1. The van der Waals surface area contributed by atoms with Crippen LogP contribution in [-0.4, -0.2) is 17.9 Å². The summed E-state index contributed by atoms with van der Waals surface area (Å²) in [6.07, 6.45) is 0. The lowest BCUT2D eigenvalue weighted by Crippen LogP contribution is -2.17. The van der Waals surface area contributed by atoms with E-state index in [0.717, 1.165) is 15.9 Å². The van der Waals surface area contributed by atoms with Crippen LogP contribution in [0.2, 0.25) is 0 Å². The first kappa shape index (κ1) is 9.92. The maximum absolute atomic E-state index is 11.5. The Labute approximate surface area is 91.1 Å². The second-order valence-electron chi connectivity index (χ2n) is 3.23. The molecule has 0 aliphatic heterocycles. The Balaban J connectivity index is 2.69. The first-order valence-electron chi connectivity index (χ1n) is 4.51. The van der Waals surface area contributed by atoms with E-state index in [1.165, 1.54) is 11.3 Å². The maximum Gasteiger partial charge on any atom is 0.263 e. The van der Waals surface area contributed by atoms with Crippen LogP contribution in [0.25, 0.3) is 10.2 Å². The number of nitrogens with one attached hydrogen (secondary N) is 1. The molecular formula is C10H11N3OS. The number of hydrogen-bond donors (Lipinski definition) is 2. The number of aryl methyl sites for hydroxylation is 1. The number of nitrogens with zero attached hydrogens (tertiary/aromatic N) is 1. The minimum absolute atomic E-state index is 0.159. The fourth-order valence-corrected chi connectivity index (χ4v) is 2.46. The third kappa shape index (κ3) is 1.55. The Morgan fingerprint density at radius 1 is 1.53 bits per heavy atom. The number of rotatable bonds is 1. The topological polar surface area (TPSA) is 68.0 Å². The fourth-order valence-electron chi connectivity index (χ4n) is 1.37. The van der Waals surface area contributed by atoms with E-state index in [2.05, 4.69) is 10.3 Å². The Kier molecular flexibility index (Phi) is 2.32. The second-order valence-corrected chi connectivity index (χ2v) is 4.23. The number of pyridine rings is 1. The molecule has 2 aromatic heterocycles. The van der Waals surface area contributed by atoms with Gasteiger partial charge in [-0.15, -0.1) is 11.3 Å². The third-order valence-corrected chi connectivity index (χ3v) is 3.28. The molecule has 0 radical (unpaired) electrons. The number of hydrogen-bond acceptors (Lipinski definition) is 4. The van der Waals surface area contributed by atoms with Crippen molar-refractivity contribution in [1.29, 1.82) is 0 Å². The molecule has 0 saturated carbocycles. The summed E-state index contributed by atoms with van der Waals surface area (Å²) in [5.74, 6) is -0.159. The highest BCUT2D eigenvalue weighted by atomic mass is 32.1. The number of amides is 1. The molecule has 0 saturated heterocycles. The van der Waals surface area contributed by atoms with Gasteiger partial charge < -0.3 is 11.1 Å². The van der Waals surface area contributed by atoms with Gasteiger partial charge in [0.05, 0.1) is 5.69 Å². The van der Waals surface area contributed by atoms with Crippen molar-refractivity contribution in [3.8, 4) is 0 Å². The van der Waals surface area contributed by atoms with Gasteiger partial charge in [-0.2, -0.15) is 0 Å². The summed E-state index contributed by atoms with van der Waals surface area (Å²) in [6, 6.07) is 3.79. The van der Waals surface area contributed by atoms with E-state index in [4.69, 9.17) is 5.73 Å². The van der Waals surface area contributed by atoms with E-state index in [-0.39, 0.29) is 5.91 Å². The molecule has 0 aliphatic rings. The van der Waals surface area contributed by atoms with Crippen molar-refractivity contribution in [2.45, 2.75) is 6.92 Å². The maximum atomic E-state index is 11.5. The van der Waals surface area contributed by atoms with Gasteiger partial charge in [-0.3, -0.25) is 4.79 Å². The van der Waals surface area contributed by atoms with E-state index in [9.17, 15) is 4.79 Å². The van der Waals surface area contributed by atoms with Gasteiger partial charge in [-0.05, 0) is 19.1 Å². The lowest BCUT2D eigenvalue weighted by atomic mass is 10.2. The minimum atomic E-state index is -0.159. The number of nitrogen functional groups attached to an aromatic ring is 1. The zero-order valence-corrected chi connectivity index (χ0v) is 9.31. The molecule has 1 amide bonds. The summed E-state index contributed by atoms with van der Waals surface area (Å²) >= 11 is 1.32. The Morgan fingerprint density at radius 3 is 2.93 bits per heavy atom. The van der Waals surface area contributed by atoms with E-state index >= 15 is 0 Å². The van der Waals surface area contributed by atoms with E-state index in [1.807, 2.05) is 19.1 Å². The molecule has 3 N–H and O–H groups in total. The molecule has 0 bridgehead atoms. The fraction of sp³-hybridized carbons (Fsp3) is 0.200. The average Bonchev–Trinajstić information content (AvgIpc) is 2.54. The van der Waals surface area contributed by atoms with E-state index < -0.39 is 0 Å². The molecule has 0 spiro atoms. The second kappa shape index (κ2) is 3.51. The third-order valence-electron chi connectivity index (χ3n) is 2.17. The Morgan fingerprint density at radius 2 is 2.27 bits per heavy atom. The van der Waals surface area contributed by atoms with Crippen LogP contribution < -0.4 is 11.1 Å². The van der Waals surface area contributed by atoms with Gasteiger partial charge in [-0.1, -0.05) is 0 Å². The zero-order chi connectivity index (χ0) is 11.0. The monoisotopic (exact) mass is 221 g/mol. The SMILES string of the molecule is CNC(=O)c1sc2nc(C)ccc2c1N. The van der Waals surface area contributed by atoms with Crippen molar-refractivity contribution in [1.82, 2.24) is 10.3 Å². The van der Waals surface area contributed by atoms with Crippen molar-refractivity contribution in [3.63, 3.8) is 0 Å². The predicted octanol–water partition coefficient (Wildman–Crippen LogP) is 1.55. The summed E-state index contributed by atoms with van der Waals surface area (Å²) in [5.41, 5.74) is 7.31. The minimum Gasteiger partial charge on any atom is -0.397 e. The summed E-state index contributed by atoms with van der Waals surface area (Å²) in [7, 11) is 1.59. The zero-order valence-electron chi connectivity index (χ0n) is 8.50. The van der Waals surface area contributed by atoms with Gasteiger partial charge in [0.1, 0.15) is 9.71 Å². The largest absolute Gasteiger partial charge is 0.397 e. The lowest BCUT2D eigenvalue weighted by molar-refractivity contribution is 0.0968. The summed E-state index contributed by atoms with van der Waals surface area (Å²) in [4.78, 5) is 17.2. The van der Waals surface area contributed by atoms with Crippen LogP contribution in [0.15, 0.2) is 12.1 Å². The van der Waals surface area contributed by atoms with Crippen LogP contribution in [0, 0.1) is 6.92 Å². The van der Waals surface area contributed by atoms with Crippen molar-refractivity contribution >= 4 is 33.1 Å². The smallest absolute Gasteiger partial charge is 0.263 e. The molecule has 2 rings (SSSR count). The first-order valence-corrected chi connectivity index (χ1v) is 5.33. The van der Waals surface area contributed by atoms with E-state index in [0.29, 0.717) is 10.6 Å². The van der Waals surface area contributed by atoms with Crippen LogP contribution in [0.4, 0.5) is 5.69 Å². The molecule has 0 fully saturated rings. The quantitative estimate of drug-likeness (QED) is 0.767. The summed E-state index contributed by atoms with van der Waals surface area (Å²) < 4.78 is 0. The van der Waals surface area contributed by atoms with Crippen molar-refractivity contribution < 1.29 is 4.79 Å². The molecule has 5 heteroatoms. The highest BCUT2D eigenvalue weighted by Crippen LogP contribution is 2.32. The Hall–Kier alpha value is -1.62. The van der Waals surface area contributed by atoms with Crippen LogP contribution in [0.1, 0.15) is 15.4 Å². The van der Waals surface area contributed by atoms with Gasteiger partial charge in [0, 0.05) is 18.1 Å². The van der Waals surface area contributed by atoms with Crippen LogP contribution >= 0.6 is 11.3 Å². The molecule has 2 aromatic rings. The van der Waals surface area contributed by atoms with Crippen LogP contribution in [0.3, 0.4) is 0 Å². The van der Waals surface area contributed by atoms with Crippen molar-refractivity contribution in [2.75, 3.05) is 12.8 Å². The van der Waals surface area contributed by atoms with Gasteiger partial charge in [0.15, 0.2) is 0 Å². The van der Waals surface area contributed by atoms with Gasteiger partial charge >= 0.3 is 0 Å². The van der Waals surface area contributed by atoms with Crippen LogP contribution in [0.5, 0.6) is 0 Å².